The number of aliphatic imine (C=N–C) groups is 1. The fourth-order valence-corrected chi connectivity index (χ4v) is 2.79. The lowest BCUT2D eigenvalue weighted by Crippen LogP contribution is -2.24. The molecule has 4 N–H and O–H groups in total. The average molecular weight is 339 g/mol. The van der Waals surface area contributed by atoms with Crippen LogP contribution in [0.4, 0.5) is 0 Å². The van der Waals surface area contributed by atoms with Crippen LogP contribution < -0.4 is 11.5 Å². The quantitative estimate of drug-likeness (QED) is 0.553. The molecule has 0 spiro atoms. The molecule has 6 heteroatoms. The predicted molar refractivity (Wildman–Crippen MR) is 97.1 cm³/mol. The van der Waals surface area contributed by atoms with Gasteiger partial charge >= 0.3 is 0 Å². The molecule has 0 saturated carbocycles. The molecule has 0 atom stereocenters. The van der Waals surface area contributed by atoms with Crippen molar-refractivity contribution in [2.24, 2.45) is 16.5 Å². The van der Waals surface area contributed by atoms with Gasteiger partial charge in [-0.15, -0.1) is 0 Å². The van der Waals surface area contributed by atoms with Crippen molar-refractivity contribution in [3.63, 3.8) is 0 Å². The Morgan fingerprint density at radius 3 is 2.58 bits per heavy atom. The summed E-state index contributed by atoms with van der Waals surface area (Å²) in [4.78, 5) is 20.2. The molecule has 0 fully saturated rings. The molecule has 0 aliphatic heterocycles. The fourth-order valence-electron chi connectivity index (χ4n) is 2.57. The van der Waals surface area contributed by atoms with Gasteiger partial charge in [-0.25, -0.2) is 0 Å². The van der Waals surface area contributed by atoms with Crippen molar-refractivity contribution in [3.05, 3.63) is 64.8 Å². The van der Waals surface area contributed by atoms with Crippen molar-refractivity contribution in [1.29, 1.82) is 0 Å². The van der Waals surface area contributed by atoms with Gasteiger partial charge in [0.1, 0.15) is 0 Å². The lowest BCUT2D eigenvalue weighted by Gasteiger charge is -2.10. The third-order valence-corrected chi connectivity index (χ3v) is 4.02. The third-order valence-electron chi connectivity index (χ3n) is 3.69. The minimum Gasteiger partial charge on any atom is -0.370 e. The lowest BCUT2D eigenvalue weighted by atomic mass is 9.99. The molecule has 120 valence electrons. The normalized spacial score (nSPS) is 10.6. The molecule has 0 saturated heterocycles. The first kappa shape index (κ1) is 16.0. The van der Waals surface area contributed by atoms with E-state index in [-0.39, 0.29) is 5.96 Å². The van der Waals surface area contributed by atoms with E-state index < -0.39 is 5.91 Å². The van der Waals surface area contributed by atoms with Gasteiger partial charge in [-0.1, -0.05) is 35.9 Å². The number of carbonyl (C=O) groups excluding carboxylic acids is 1. The maximum absolute atomic E-state index is 12.1. The molecule has 1 heterocycles. The molecule has 0 aliphatic carbocycles. The van der Waals surface area contributed by atoms with Gasteiger partial charge in [0, 0.05) is 27.7 Å². The van der Waals surface area contributed by atoms with Crippen molar-refractivity contribution in [1.82, 2.24) is 4.98 Å². The van der Waals surface area contributed by atoms with Crippen LogP contribution in [0.3, 0.4) is 0 Å². The maximum atomic E-state index is 12.1. The van der Waals surface area contributed by atoms with Gasteiger partial charge in [0.25, 0.3) is 5.91 Å². The highest BCUT2D eigenvalue weighted by atomic mass is 35.5. The van der Waals surface area contributed by atoms with Crippen LogP contribution in [-0.2, 0) is 0 Å². The second kappa shape index (κ2) is 6.29. The molecule has 2 aromatic carbocycles. The summed E-state index contributed by atoms with van der Waals surface area (Å²) in [5.74, 6) is -0.766. The van der Waals surface area contributed by atoms with E-state index in [0.717, 1.165) is 21.9 Å². The molecule has 0 unspecified atom stereocenters. The summed E-state index contributed by atoms with van der Waals surface area (Å²) in [6.45, 7) is 1.96. The topological polar surface area (TPSA) is 94.4 Å². The van der Waals surface area contributed by atoms with Gasteiger partial charge in [-0.3, -0.25) is 9.78 Å². The van der Waals surface area contributed by atoms with Crippen LogP contribution in [0.2, 0.25) is 5.02 Å². The fraction of sp³-hybridized carbons (Fsp3) is 0.0556. The summed E-state index contributed by atoms with van der Waals surface area (Å²) < 4.78 is 0. The zero-order valence-electron chi connectivity index (χ0n) is 13.0. The largest absolute Gasteiger partial charge is 0.370 e. The first-order valence-electron chi connectivity index (χ1n) is 7.25. The van der Waals surface area contributed by atoms with E-state index in [1.807, 2.05) is 31.2 Å². The molecule has 0 aliphatic rings. The Hall–Kier alpha value is -2.92. The number of guanidine groups is 1. The number of nitrogens with two attached hydrogens (primary N) is 2. The van der Waals surface area contributed by atoms with E-state index in [9.17, 15) is 4.79 Å². The highest BCUT2D eigenvalue weighted by molar-refractivity contribution is 6.33. The molecule has 1 amide bonds. The summed E-state index contributed by atoms with van der Waals surface area (Å²) in [5.41, 5.74) is 13.5. The maximum Gasteiger partial charge on any atom is 0.280 e. The van der Waals surface area contributed by atoms with Gasteiger partial charge in [0.2, 0.25) is 0 Å². The van der Waals surface area contributed by atoms with Gasteiger partial charge < -0.3 is 11.5 Å². The number of rotatable bonds is 2. The standard InChI is InChI=1S/C18H15ClN4O/c1-10-9-22-16(13-4-2-3-5-15(13)19)14-8-11(6-7-12(10)14)17(24)23-18(20)21/h2-9H,1H3,(H4,20,21,23,24). The number of hydrogen-bond donors (Lipinski definition) is 2. The minimum atomic E-state index is -0.497. The van der Waals surface area contributed by atoms with E-state index in [0.29, 0.717) is 16.3 Å². The van der Waals surface area contributed by atoms with E-state index in [2.05, 4.69) is 9.98 Å². The number of fused-ring (bicyclic) bond motifs is 1. The average Bonchev–Trinajstić information content (AvgIpc) is 2.55. The highest BCUT2D eigenvalue weighted by Gasteiger charge is 2.13. The predicted octanol–water partition coefficient (Wildman–Crippen LogP) is 3.28. The van der Waals surface area contributed by atoms with E-state index in [4.69, 9.17) is 23.1 Å². The van der Waals surface area contributed by atoms with Crippen molar-refractivity contribution in [3.8, 4) is 11.3 Å². The number of halogens is 1. The Labute approximate surface area is 144 Å². The number of amides is 1. The molecule has 3 rings (SSSR count). The van der Waals surface area contributed by atoms with Crippen molar-refractivity contribution in [2.75, 3.05) is 0 Å². The third kappa shape index (κ3) is 2.94. The van der Waals surface area contributed by atoms with E-state index in [1.54, 1.807) is 24.4 Å². The number of aromatic nitrogens is 1. The minimum absolute atomic E-state index is 0.270. The van der Waals surface area contributed by atoms with E-state index in [1.165, 1.54) is 0 Å². The van der Waals surface area contributed by atoms with Crippen LogP contribution in [0.1, 0.15) is 15.9 Å². The monoisotopic (exact) mass is 338 g/mol. The molecular weight excluding hydrogens is 324 g/mol. The van der Waals surface area contributed by atoms with Gasteiger partial charge in [-0.05, 0) is 36.1 Å². The Balaban J connectivity index is 2.27. The molecule has 5 nitrogen and oxygen atoms in total. The van der Waals surface area contributed by atoms with Crippen LogP contribution in [0.15, 0.2) is 53.7 Å². The number of aryl methyl sites for hydroxylation is 1. The number of hydrogen-bond acceptors (Lipinski definition) is 2. The van der Waals surface area contributed by atoms with Gasteiger partial charge in [-0.2, -0.15) is 4.99 Å². The SMILES string of the molecule is Cc1cnc(-c2ccccc2Cl)c2cc(C(=O)N=C(N)N)ccc12. The Bertz CT molecular complexity index is 978. The van der Waals surface area contributed by atoms with Crippen molar-refractivity contribution in [2.45, 2.75) is 6.92 Å². The summed E-state index contributed by atoms with van der Waals surface area (Å²) in [6.07, 6.45) is 1.79. The van der Waals surface area contributed by atoms with Crippen LogP contribution in [0, 0.1) is 6.92 Å². The van der Waals surface area contributed by atoms with Crippen LogP contribution in [0.5, 0.6) is 0 Å². The zero-order valence-corrected chi connectivity index (χ0v) is 13.7. The molecule has 3 aromatic rings. The summed E-state index contributed by atoms with van der Waals surface area (Å²) in [7, 11) is 0. The van der Waals surface area contributed by atoms with Crippen LogP contribution in [0.25, 0.3) is 22.0 Å². The first-order valence-corrected chi connectivity index (χ1v) is 7.63. The lowest BCUT2D eigenvalue weighted by molar-refractivity contribution is 0.100. The number of benzene rings is 2. The molecule has 0 bridgehead atoms. The summed E-state index contributed by atoms with van der Waals surface area (Å²) in [6, 6.07) is 12.7. The first-order chi connectivity index (χ1) is 11.5. The van der Waals surface area contributed by atoms with Gasteiger partial charge in [0.15, 0.2) is 5.96 Å². The molecule has 24 heavy (non-hydrogen) atoms. The Morgan fingerprint density at radius 2 is 1.88 bits per heavy atom. The Morgan fingerprint density at radius 1 is 1.12 bits per heavy atom. The summed E-state index contributed by atoms with van der Waals surface area (Å²) >= 11 is 6.31. The number of pyridine rings is 1. The number of carbonyl (C=O) groups is 1. The molecule has 1 aromatic heterocycles. The number of nitrogens with zero attached hydrogens (tertiary/aromatic N) is 2. The smallest absolute Gasteiger partial charge is 0.280 e. The summed E-state index contributed by atoms with van der Waals surface area (Å²) in [5, 5.41) is 2.40. The molecule has 0 radical (unpaired) electrons. The Kier molecular flexibility index (Phi) is 4.18. The second-order valence-corrected chi connectivity index (χ2v) is 5.78. The van der Waals surface area contributed by atoms with Gasteiger partial charge in [0.05, 0.1) is 5.69 Å². The van der Waals surface area contributed by atoms with E-state index >= 15 is 0 Å². The zero-order chi connectivity index (χ0) is 17.3. The van der Waals surface area contributed by atoms with Crippen LogP contribution >= 0.6 is 11.6 Å². The highest BCUT2D eigenvalue weighted by Crippen LogP contribution is 2.33. The second-order valence-electron chi connectivity index (χ2n) is 5.37. The van der Waals surface area contributed by atoms with Crippen LogP contribution in [-0.4, -0.2) is 16.9 Å². The molecular formula is C18H15ClN4O. The van der Waals surface area contributed by atoms with Crippen molar-refractivity contribution >= 4 is 34.2 Å². The van der Waals surface area contributed by atoms with Crippen molar-refractivity contribution < 1.29 is 4.79 Å².